The number of benzene rings is 6. The second kappa shape index (κ2) is 20.3. The monoisotopic (exact) mass is 833 g/mol. The molecule has 1 heterocycles. The largest absolute Gasteiger partial charge is 0.460 e. The fraction of sp³-hybridized carbons (Fsp3) is 0.216. The molecule has 62 heavy (non-hydrogen) atoms. The molecule has 0 amide bonds. The summed E-state index contributed by atoms with van der Waals surface area (Å²) in [6.07, 6.45) is -7.35. The Bertz CT molecular complexity index is 2430. The summed E-state index contributed by atoms with van der Waals surface area (Å²) in [6, 6.07) is 47.0. The molecule has 6 atom stereocenters. The standard InChI is InChI=1S/C51H47NO10/c1-4-34-25-27-35(28-26-34)31-40-29-30-41(52-3)32-42(40)58-51-46(61-50(56)39-23-15-8-16-24-39)45(60-49(55)38-21-13-7-14-22-38)44(59-48(54)37-19-11-6-12-20-37)43(62-51)33(2)57-47(53)36-17-9-5-10-18-36/h5-30,32-33,43-46,51-52H,4,31H2,1-3H3/t33-,43-,44-,45+,46-,51-/m1/s1. The smallest absolute Gasteiger partial charge is 0.338 e. The van der Waals surface area contributed by atoms with Gasteiger partial charge < -0.3 is 33.7 Å². The quantitative estimate of drug-likeness (QED) is 0.0785. The molecule has 11 heteroatoms. The van der Waals surface area contributed by atoms with Crippen LogP contribution in [0.3, 0.4) is 0 Å². The fourth-order valence-electron chi connectivity index (χ4n) is 7.08. The highest BCUT2D eigenvalue weighted by Gasteiger charge is 2.56. The Balaban J connectivity index is 1.35. The number of carbonyl (C=O) groups is 4. The maximum absolute atomic E-state index is 14.1. The van der Waals surface area contributed by atoms with E-state index in [1.54, 1.807) is 141 Å². The summed E-state index contributed by atoms with van der Waals surface area (Å²) in [5, 5.41) is 3.15. The molecule has 1 saturated heterocycles. The van der Waals surface area contributed by atoms with Gasteiger partial charge in [-0.2, -0.15) is 0 Å². The summed E-state index contributed by atoms with van der Waals surface area (Å²) in [5.41, 5.74) is 4.51. The molecule has 0 unspecified atom stereocenters. The molecule has 0 bridgehead atoms. The zero-order valence-corrected chi connectivity index (χ0v) is 34.5. The van der Waals surface area contributed by atoms with Crippen LogP contribution < -0.4 is 10.1 Å². The molecule has 6 aromatic rings. The van der Waals surface area contributed by atoms with Crippen molar-refractivity contribution in [3.8, 4) is 5.75 Å². The van der Waals surface area contributed by atoms with Crippen molar-refractivity contribution in [2.45, 2.75) is 63.5 Å². The topological polar surface area (TPSA) is 136 Å². The van der Waals surface area contributed by atoms with Crippen LogP contribution in [0.1, 0.15) is 72.0 Å². The normalized spacial score (nSPS) is 18.7. The van der Waals surface area contributed by atoms with Gasteiger partial charge >= 0.3 is 23.9 Å². The Morgan fingerprint density at radius 3 is 1.50 bits per heavy atom. The van der Waals surface area contributed by atoms with Crippen LogP contribution in [0, 0.1) is 0 Å². The molecule has 6 aromatic carbocycles. The Hall–Kier alpha value is -7.24. The summed E-state index contributed by atoms with van der Waals surface area (Å²) in [4.78, 5) is 55.8. The SMILES string of the molecule is CCc1ccc(Cc2ccc(NC)cc2O[C@@H]2O[C@H]([C@@H](C)OC(=O)c3ccccc3)[C@@H](OC(=O)c3ccccc3)[C@H](OC(=O)c3ccccc3)[C@H]2OC(=O)c2ccccc2)cc1. The minimum atomic E-state index is -1.58. The molecular weight excluding hydrogens is 787 g/mol. The second-order valence-corrected chi connectivity index (χ2v) is 14.7. The third kappa shape index (κ3) is 10.5. The Morgan fingerprint density at radius 1 is 0.565 bits per heavy atom. The van der Waals surface area contributed by atoms with Gasteiger partial charge in [0.2, 0.25) is 12.4 Å². The van der Waals surface area contributed by atoms with E-state index in [0.29, 0.717) is 17.9 Å². The van der Waals surface area contributed by atoms with Gasteiger partial charge in [0.15, 0.2) is 12.2 Å². The van der Waals surface area contributed by atoms with Crippen molar-refractivity contribution in [2.24, 2.45) is 0 Å². The minimum absolute atomic E-state index is 0.177. The Morgan fingerprint density at radius 2 is 1.02 bits per heavy atom. The van der Waals surface area contributed by atoms with Crippen molar-refractivity contribution in [3.63, 3.8) is 0 Å². The van der Waals surface area contributed by atoms with E-state index in [1.165, 1.54) is 5.56 Å². The molecule has 7 rings (SSSR count). The van der Waals surface area contributed by atoms with Crippen LogP contribution in [0.2, 0.25) is 0 Å². The van der Waals surface area contributed by atoms with Gasteiger partial charge in [0, 0.05) is 25.2 Å². The van der Waals surface area contributed by atoms with Crippen LogP contribution >= 0.6 is 0 Å². The molecule has 1 N–H and O–H groups in total. The van der Waals surface area contributed by atoms with Gasteiger partial charge in [-0.1, -0.05) is 110 Å². The molecule has 0 aromatic heterocycles. The molecule has 316 valence electrons. The predicted molar refractivity (Wildman–Crippen MR) is 232 cm³/mol. The van der Waals surface area contributed by atoms with Gasteiger partial charge in [-0.15, -0.1) is 0 Å². The lowest BCUT2D eigenvalue weighted by molar-refractivity contribution is -0.284. The number of carbonyl (C=O) groups excluding carboxylic acids is 4. The molecule has 0 saturated carbocycles. The lowest BCUT2D eigenvalue weighted by Gasteiger charge is -2.45. The molecule has 0 aliphatic carbocycles. The highest BCUT2D eigenvalue weighted by atomic mass is 16.7. The van der Waals surface area contributed by atoms with Crippen molar-refractivity contribution in [3.05, 3.63) is 203 Å². The minimum Gasteiger partial charge on any atom is -0.460 e. The Labute approximate surface area is 360 Å². The van der Waals surface area contributed by atoms with Crippen LogP contribution in [0.4, 0.5) is 5.69 Å². The van der Waals surface area contributed by atoms with Crippen LogP contribution in [0.15, 0.2) is 164 Å². The van der Waals surface area contributed by atoms with Crippen LogP contribution in [-0.2, 0) is 36.5 Å². The molecule has 1 aliphatic rings. The number of rotatable bonds is 15. The molecule has 1 fully saturated rings. The molecular formula is C51H47NO10. The van der Waals surface area contributed by atoms with Gasteiger partial charge in [0.25, 0.3) is 0 Å². The van der Waals surface area contributed by atoms with E-state index >= 15 is 0 Å². The Kier molecular flexibility index (Phi) is 14.1. The third-order valence-corrected chi connectivity index (χ3v) is 10.5. The lowest BCUT2D eigenvalue weighted by Crippen LogP contribution is -2.65. The van der Waals surface area contributed by atoms with Gasteiger partial charge in [0.05, 0.1) is 22.3 Å². The summed E-state index contributed by atoms with van der Waals surface area (Å²) in [7, 11) is 1.77. The number of esters is 4. The van der Waals surface area contributed by atoms with Gasteiger partial charge in [-0.05, 0) is 84.6 Å². The number of anilines is 1. The molecule has 0 spiro atoms. The van der Waals surface area contributed by atoms with Gasteiger partial charge in [0.1, 0.15) is 18.0 Å². The number of nitrogens with one attached hydrogen (secondary N) is 1. The first-order chi connectivity index (χ1) is 30.2. The van der Waals surface area contributed by atoms with Crippen molar-refractivity contribution in [1.82, 2.24) is 0 Å². The van der Waals surface area contributed by atoms with Crippen molar-refractivity contribution < 1.29 is 47.6 Å². The maximum atomic E-state index is 14.1. The van der Waals surface area contributed by atoms with E-state index in [4.69, 9.17) is 28.4 Å². The van der Waals surface area contributed by atoms with Crippen molar-refractivity contribution in [2.75, 3.05) is 12.4 Å². The molecule has 11 nitrogen and oxygen atoms in total. The van der Waals surface area contributed by atoms with E-state index < -0.39 is 60.7 Å². The molecule has 1 aliphatic heterocycles. The van der Waals surface area contributed by atoms with E-state index in [9.17, 15) is 19.2 Å². The summed E-state index contributed by atoms with van der Waals surface area (Å²) < 4.78 is 38.4. The summed E-state index contributed by atoms with van der Waals surface area (Å²) >= 11 is 0. The van der Waals surface area contributed by atoms with Crippen LogP contribution in [0.5, 0.6) is 5.75 Å². The third-order valence-electron chi connectivity index (χ3n) is 10.5. The first-order valence-corrected chi connectivity index (χ1v) is 20.5. The zero-order valence-electron chi connectivity index (χ0n) is 34.5. The number of hydrogen-bond donors (Lipinski definition) is 1. The lowest BCUT2D eigenvalue weighted by atomic mass is 9.94. The van der Waals surface area contributed by atoms with E-state index in [1.807, 2.05) is 12.1 Å². The first-order valence-electron chi connectivity index (χ1n) is 20.5. The summed E-state index contributed by atoms with van der Waals surface area (Å²) in [6.45, 7) is 3.67. The highest BCUT2D eigenvalue weighted by molar-refractivity contribution is 5.91. The van der Waals surface area contributed by atoms with Crippen LogP contribution in [-0.4, -0.2) is 67.7 Å². The summed E-state index contributed by atoms with van der Waals surface area (Å²) in [5.74, 6) is -2.71. The molecule has 0 radical (unpaired) electrons. The van der Waals surface area contributed by atoms with Gasteiger partial charge in [-0.3, -0.25) is 0 Å². The van der Waals surface area contributed by atoms with Crippen LogP contribution in [0.25, 0.3) is 0 Å². The number of aryl methyl sites for hydroxylation is 1. The highest BCUT2D eigenvalue weighted by Crippen LogP contribution is 2.36. The van der Waals surface area contributed by atoms with E-state index in [0.717, 1.165) is 17.5 Å². The fourth-order valence-corrected chi connectivity index (χ4v) is 7.08. The maximum Gasteiger partial charge on any atom is 0.338 e. The van der Waals surface area contributed by atoms with E-state index in [-0.39, 0.29) is 22.3 Å². The average Bonchev–Trinajstić information content (AvgIpc) is 3.32. The van der Waals surface area contributed by atoms with E-state index in [2.05, 4.69) is 36.5 Å². The second-order valence-electron chi connectivity index (χ2n) is 14.7. The zero-order chi connectivity index (χ0) is 43.4. The number of ether oxygens (including phenoxy) is 6. The van der Waals surface area contributed by atoms with Gasteiger partial charge in [-0.25, -0.2) is 19.2 Å². The predicted octanol–water partition coefficient (Wildman–Crippen LogP) is 8.91. The average molecular weight is 834 g/mol. The number of hydrogen-bond acceptors (Lipinski definition) is 11. The van der Waals surface area contributed by atoms with Crippen molar-refractivity contribution in [1.29, 1.82) is 0 Å². The first kappa shape index (κ1) is 42.9. The van der Waals surface area contributed by atoms with Crippen molar-refractivity contribution >= 4 is 29.6 Å².